The first-order chi connectivity index (χ1) is 17.1. The summed E-state index contributed by atoms with van der Waals surface area (Å²) in [5, 5.41) is 1.99. The van der Waals surface area contributed by atoms with E-state index in [1.165, 1.54) is 7.11 Å². The lowest BCUT2D eigenvalue weighted by atomic mass is 10.1. The Hall–Kier alpha value is -4.08. The van der Waals surface area contributed by atoms with Crippen molar-refractivity contribution in [3.8, 4) is 11.5 Å². The molecule has 5 aromatic rings. The van der Waals surface area contributed by atoms with Crippen LogP contribution in [0.15, 0.2) is 108 Å². The minimum Gasteiger partial charge on any atom is -0.496 e. The zero-order valence-corrected chi connectivity index (χ0v) is 20.2. The molecular formula is C29H23O5P. The van der Waals surface area contributed by atoms with Gasteiger partial charge in [-0.25, -0.2) is 0 Å². The van der Waals surface area contributed by atoms with Gasteiger partial charge in [-0.1, -0.05) is 91.0 Å². The highest BCUT2D eigenvalue weighted by molar-refractivity contribution is 7.85. The highest BCUT2D eigenvalue weighted by Gasteiger charge is 2.40. The summed E-state index contributed by atoms with van der Waals surface area (Å²) in [6.45, 7) is 0. The van der Waals surface area contributed by atoms with Gasteiger partial charge in [-0.05, 0) is 0 Å². The number of fused-ring (bicyclic) bond motifs is 1. The molecule has 0 N–H and O–H groups in total. The molecule has 6 heteroatoms. The maximum Gasteiger partial charge on any atom is 0.229 e. The maximum absolute atomic E-state index is 15.4. The molecule has 1 heterocycles. The summed E-state index contributed by atoms with van der Waals surface area (Å²) in [6, 6.07) is 30.6. The van der Waals surface area contributed by atoms with Crippen LogP contribution < -0.4 is 25.4 Å². The van der Waals surface area contributed by atoms with Gasteiger partial charge >= 0.3 is 0 Å². The van der Waals surface area contributed by atoms with E-state index in [2.05, 4.69) is 0 Å². The van der Waals surface area contributed by atoms with E-state index in [1.807, 2.05) is 66.7 Å². The smallest absolute Gasteiger partial charge is 0.229 e. The summed E-state index contributed by atoms with van der Waals surface area (Å²) >= 11 is 0. The topological polar surface area (TPSA) is 65.7 Å². The van der Waals surface area contributed by atoms with Crippen LogP contribution in [0, 0.1) is 0 Å². The molecule has 0 aliphatic carbocycles. The molecule has 1 aromatic heterocycles. The Morgan fingerprint density at radius 2 is 1.29 bits per heavy atom. The summed E-state index contributed by atoms with van der Waals surface area (Å²) in [5.74, 6) is 0.582. The third-order valence-electron chi connectivity index (χ3n) is 5.96. The van der Waals surface area contributed by atoms with E-state index in [1.54, 1.807) is 43.5 Å². The van der Waals surface area contributed by atoms with Crippen molar-refractivity contribution in [2.24, 2.45) is 0 Å². The first kappa shape index (κ1) is 22.7. The molecule has 5 rings (SSSR count). The molecule has 0 atom stereocenters. The van der Waals surface area contributed by atoms with Crippen molar-refractivity contribution in [1.82, 2.24) is 0 Å². The van der Waals surface area contributed by atoms with Gasteiger partial charge in [0, 0.05) is 28.3 Å². The monoisotopic (exact) mass is 482 g/mol. The van der Waals surface area contributed by atoms with Gasteiger partial charge in [0.2, 0.25) is 5.78 Å². The van der Waals surface area contributed by atoms with Gasteiger partial charge in [0.1, 0.15) is 17.1 Å². The molecule has 0 aliphatic heterocycles. The third kappa shape index (κ3) is 3.84. The van der Waals surface area contributed by atoms with Crippen molar-refractivity contribution in [2.45, 2.75) is 0 Å². The normalized spacial score (nSPS) is 11.4. The predicted molar refractivity (Wildman–Crippen MR) is 139 cm³/mol. The molecule has 0 spiro atoms. The second-order valence-corrected chi connectivity index (χ2v) is 10.7. The number of ketones is 1. The summed E-state index contributed by atoms with van der Waals surface area (Å²) < 4.78 is 32.7. The van der Waals surface area contributed by atoms with Crippen molar-refractivity contribution in [2.75, 3.05) is 14.2 Å². The van der Waals surface area contributed by atoms with Gasteiger partial charge in [-0.15, -0.1) is 0 Å². The molecule has 0 unspecified atom stereocenters. The Labute approximate surface area is 203 Å². The van der Waals surface area contributed by atoms with Crippen LogP contribution in [0.25, 0.3) is 11.0 Å². The number of benzene rings is 4. The number of carbonyl (C=O) groups excluding carboxylic acids is 1. The van der Waals surface area contributed by atoms with Crippen LogP contribution in [0.1, 0.15) is 16.1 Å². The fourth-order valence-corrected chi connectivity index (χ4v) is 7.26. The van der Waals surface area contributed by atoms with Crippen LogP contribution in [0.4, 0.5) is 0 Å². The van der Waals surface area contributed by atoms with Gasteiger partial charge in [-0.2, -0.15) is 0 Å². The second kappa shape index (κ2) is 9.28. The minimum absolute atomic E-state index is 0.0220. The van der Waals surface area contributed by atoms with Crippen molar-refractivity contribution in [3.05, 3.63) is 114 Å². The molecule has 4 aromatic carbocycles. The molecular weight excluding hydrogens is 459 g/mol. The Bertz CT molecular complexity index is 1500. The van der Waals surface area contributed by atoms with Crippen LogP contribution in [0.2, 0.25) is 0 Å². The maximum atomic E-state index is 15.4. The number of furan rings is 1. The number of rotatable bonds is 7. The van der Waals surface area contributed by atoms with E-state index in [9.17, 15) is 4.79 Å². The van der Waals surface area contributed by atoms with Crippen molar-refractivity contribution in [1.29, 1.82) is 0 Å². The molecule has 0 fully saturated rings. The summed E-state index contributed by atoms with van der Waals surface area (Å²) in [4.78, 5) is 13.8. The number of methoxy groups -OCH3 is 2. The zero-order chi connectivity index (χ0) is 24.4. The Morgan fingerprint density at radius 3 is 1.80 bits per heavy atom. The molecule has 0 amide bonds. The molecule has 35 heavy (non-hydrogen) atoms. The highest BCUT2D eigenvalue weighted by Crippen LogP contribution is 2.49. The van der Waals surface area contributed by atoms with Gasteiger partial charge in [-0.3, -0.25) is 4.79 Å². The van der Waals surface area contributed by atoms with E-state index in [0.717, 1.165) is 0 Å². The SMILES string of the molecule is COc1cc(OC)c2c(P(=O)(c3ccccc3)c3ccccc3)c(C(=O)c3ccccc3)oc2c1. The molecule has 5 nitrogen and oxygen atoms in total. The fourth-order valence-electron chi connectivity index (χ4n) is 4.29. The van der Waals surface area contributed by atoms with Gasteiger partial charge < -0.3 is 18.5 Å². The summed E-state index contributed by atoms with van der Waals surface area (Å²) in [6.07, 6.45) is 0. The standard InChI is InChI=1S/C29H23O5P/c1-32-21-18-24(33-2)26-25(19-21)34-28(27(30)20-12-6-3-7-13-20)29(26)35(31,22-14-8-4-9-15-22)23-16-10-5-11-17-23/h3-19H,1-2H3. The summed E-state index contributed by atoms with van der Waals surface area (Å²) in [7, 11) is -0.517. The van der Waals surface area contributed by atoms with Crippen LogP contribution in [0.5, 0.6) is 11.5 Å². The van der Waals surface area contributed by atoms with Crippen LogP contribution in [-0.2, 0) is 4.57 Å². The Kier molecular flexibility index (Phi) is 6.02. The molecule has 0 saturated heterocycles. The lowest BCUT2D eigenvalue weighted by Crippen LogP contribution is -2.28. The third-order valence-corrected chi connectivity index (χ3v) is 9.06. The average Bonchev–Trinajstić information content (AvgIpc) is 3.33. The zero-order valence-electron chi connectivity index (χ0n) is 19.3. The Morgan fingerprint density at radius 1 is 0.743 bits per heavy atom. The van der Waals surface area contributed by atoms with Crippen molar-refractivity contribution < 1.29 is 23.3 Å². The lowest BCUT2D eigenvalue weighted by Gasteiger charge is -2.20. The highest BCUT2D eigenvalue weighted by atomic mass is 31.2. The number of carbonyl (C=O) groups is 1. The van der Waals surface area contributed by atoms with Crippen LogP contribution in [0.3, 0.4) is 0 Å². The van der Waals surface area contributed by atoms with E-state index in [4.69, 9.17) is 13.9 Å². The van der Waals surface area contributed by atoms with E-state index in [0.29, 0.717) is 43.9 Å². The number of hydrogen-bond acceptors (Lipinski definition) is 5. The molecule has 0 bridgehead atoms. The molecule has 0 saturated carbocycles. The molecule has 174 valence electrons. The van der Waals surface area contributed by atoms with E-state index >= 15 is 4.57 Å². The van der Waals surface area contributed by atoms with Gasteiger partial charge in [0.15, 0.2) is 12.9 Å². The van der Waals surface area contributed by atoms with Crippen LogP contribution >= 0.6 is 7.14 Å². The van der Waals surface area contributed by atoms with E-state index < -0.39 is 7.14 Å². The van der Waals surface area contributed by atoms with Gasteiger partial charge in [0.25, 0.3) is 0 Å². The Balaban J connectivity index is 1.94. The molecule has 0 aliphatic rings. The number of hydrogen-bond donors (Lipinski definition) is 0. The van der Waals surface area contributed by atoms with Crippen LogP contribution in [-0.4, -0.2) is 20.0 Å². The number of ether oxygens (including phenoxy) is 2. The van der Waals surface area contributed by atoms with E-state index in [-0.39, 0.29) is 11.5 Å². The molecule has 0 radical (unpaired) electrons. The quantitative estimate of drug-likeness (QED) is 0.232. The fraction of sp³-hybridized carbons (Fsp3) is 0.0690. The average molecular weight is 482 g/mol. The van der Waals surface area contributed by atoms with Crippen molar-refractivity contribution >= 4 is 39.8 Å². The second-order valence-electron chi connectivity index (χ2n) is 7.96. The summed E-state index contributed by atoms with van der Waals surface area (Å²) in [5.41, 5.74) is 0.800. The first-order valence-electron chi connectivity index (χ1n) is 11.1. The van der Waals surface area contributed by atoms with Crippen molar-refractivity contribution in [3.63, 3.8) is 0 Å². The lowest BCUT2D eigenvalue weighted by molar-refractivity contribution is 0.101. The minimum atomic E-state index is -3.59. The largest absolute Gasteiger partial charge is 0.496 e. The first-order valence-corrected chi connectivity index (χ1v) is 12.8. The van der Waals surface area contributed by atoms with Gasteiger partial charge in [0.05, 0.1) is 24.9 Å². The predicted octanol–water partition coefficient (Wildman–Crippen LogP) is 5.32.